The van der Waals surface area contributed by atoms with E-state index >= 15 is 0 Å². The summed E-state index contributed by atoms with van der Waals surface area (Å²) < 4.78 is 0. The number of hydrogen-bond donors (Lipinski definition) is 1. The fourth-order valence-electron chi connectivity index (χ4n) is 1.88. The van der Waals surface area contributed by atoms with Crippen LogP contribution < -0.4 is 0 Å². The Morgan fingerprint density at radius 3 is 2.64 bits per heavy atom. The van der Waals surface area contributed by atoms with Gasteiger partial charge in [-0.3, -0.25) is 0 Å². The molecule has 0 aromatic carbocycles. The third kappa shape index (κ3) is 2.33. The molecule has 1 saturated carbocycles. The van der Waals surface area contributed by atoms with Gasteiger partial charge in [0.25, 0.3) is 0 Å². The maximum Gasteiger partial charge on any atom is 0.0625 e. The summed E-state index contributed by atoms with van der Waals surface area (Å²) >= 11 is 0. The molecule has 11 heavy (non-hydrogen) atoms. The van der Waals surface area contributed by atoms with Crippen LogP contribution in [0.5, 0.6) is 0 Å². The first-order valence-corrected chi connectivity index (χ1v) is 4.39. The SMILES string of the molecule is C=C(C)[C@H]1CCC[C@@](C)(O)C1. The molecular formula is C10H18O. The van der Waals surface area contributed by atoms with E-state index in [1.807, 2.05) is 6.92 Å². The van der Waals surface area contributed by atoms with Crippen molar-refractivity contribution in [2.75, 3.05) is 0 Å². The Labute approximate surface area is 69.1 Å². The Morgan fingerprint density at radius 2 is 2.27 bits per heavy atom. The Balaban J connectivity index is 2.53. The lowest BCUT2D eigenvalue weighted by Crippen LogP contribution is -2.31. The lowest BCUT2D eigenvalue weighted by Gasteiger charge is -2.34. The first kappa shape index (κ1) is 8.79. The zero-order valence-electron chi connectivity index (χ0n) is 7.56. The van der Waals surface area contributed by atoms with Crippen LogP contribution in [0.2, 0.25) is 0 Å². The molecule has 1 heteroatoms. The van der Waals surface area contributed by atoms with E-state index in [1.165, 1.54) is 12.0 Å². The summed E-state index contributed by atoms with van der Waals surface area (Å²) in [5.41, 5.74) is 0.798. The largest absolute Gasteiger partial charge is 0.390 e. The zero-order valence-corrected chi connectivity index (χ0v) is 7.56. The minimum Gasteiger partial charge on any atom is -0.390 e. The molecule has 0 aromatic heterocycles. The molecule has 0 aliphatic heterocycles. The number of rotatable bonds is 1. The van der Waals surface area contributed by atoms with Crippen LogP contribution in [-0.4, -0.2) is 10.7 Å². The fraction of sp³-hybridized carbons (Fsp3) is 0.800. The summed E-state index contributed by atoms with van der Waals surface area (Å²) in [4.78, 5) is 0. The van der Waals surface area contributed by atoms with E-state index in [0.29, 0.717) is 5.92 Å². The lowest BCUT2D eigenvalue weighted by molar-refractivity contribution is 0.00762. The van der Waals surface area contributed by atoms with Crippen molar-refractivity contribution < 1.29 is 5.11 Å². The van der Waals surface area contributed by atoms with E-state index in [0.717, 1.165) is 19.3 Å². The molecular weight excluding hydrogens is 136 g/mol. The minimum absolute atomic E-state index is 0.429. The van der Waals surface area contributed by atoms with Crippen LogP contribution in [0.25, 0.3) is 0 Å². The average molecular weight is 154 g/mol. The summed E-state index contributed by atoms with van der Waals surface area (Å²) in [6.45, 7) is 7.93. The monoisotopic (exact) mass is 154 g/mol. The second kappa shape index (κ2) is 2.98. The van der Waals surface area contributed by atoms with E-state index in [1.54, 1.807) is 0 Å². The molecule has 2 atom stereocenters. The number of aliphatic hydroxyl groups is 1. The highest BCUT2D eigenvalue weighted by Gasteiger charge is 2.29. The van der Waals surface area contributed by atoms with Crippen molar-refractivity contribution in [1.82, 2.24) is 0 Å². The Bertz CT molecular complexity index is 158. The highest BCUT2D eigenvalue weighted by Crippen LogP contribution is 2.35. The van der Waals surface area contributed by atoms with Crippen LogP contribution >= 0.6 is 0 Å². The molecule has 1 rings (SSSR count). The normalized spacial score (nSPS) is 38.6. The van der Waals surface area contributed by atoms with E-state index in [9.17, 15) is 5.11 Å². The Morgan fingerprint density at radius 1 is 1.64 bits per heavy atom. The minimum atomic E-state index is -0.429. The molecule has 0 spiro atoms. The van der Waals surface area contributed by atoms with Crippen LogP contribution in [0.4, 0.5) is 0 Å². The molecule has 1 fully saturated rings. The van der Waals surface area contributed by atoms with Gasteiger partial charge in [-0.05, 0) is 39.0 Å². The molecule has 0 unspecified atom stereocenters. The van der Waals surface area contributed by atoms with Crippen molar-refractivity contribution in [3.63, 3.8) is 0 Å². The topological polar surface area (TPSA) is 20.2 Å². The molecule has 0 bridgehead atoms. The van der Waals surface area contributed by atoms with E-state index < -0.39 is 5.60 Å². The number of hydrogen-bond acceptors (Lipinski definition) is 1. The predicted molar refractivity (Wildman–Crippen MR) is 47.4 cm³/mol. The van der Waals surface area contributed by atoms with Gasteiger partial charge in [-0.15, -0.1) is 0 Å². The van der Waals surface area contributed by atoms with Crippen LogP contribution in [0.3, 0.4) is 0 Å². The van der Waals surface area contributed by atoms with Crippen LogP contribution in [0.1, 0.15) is 39.5 Å². The second-order valence-corrected chi connectivity index (χ2v) is 4.14. The number of allylic oxidation sites excluding steroid dienone is 1. The first-order chi connectivity index (χ1) is 5.01. The van der Waals surface area contributed by atoms with Crippen LogP contribution in [0.15, 0.2) is 12.2 Å². The highest BCUT2D eigenvalue weighted by molar-refractivity contribution is 5.00. The first-order valence-electron chi connectivity index (χ1n) is 4.39. The van der Waals surface area contributed by atoms with Gasteiger partial charge < -0.3 is 5.11 Å². The van der Waals surface area contributed by atoms with Crippen molar-refractivity contribution in [2.24, 2.45) is 5.92 Å². The maximum atomic E-state index is 9.75. The molecule has 0 heterocycles. The Kier molecular flexibility index (Phi) is 2.38. The highest BCUT2D eigenvalue weighted by atomic mass is 16.3. The van der Waals surface area contributed by atoms with Gasteiger partial charge >= 0.3 is 0 Å². The van der Waals surface area contributed by atoms with Gasteiger partial charge in [0.2, 0.25) is 0 Å². The molecule has 0 aromatic rings. The van der Waals surface area contributed by atoms with E-state index in [4.69, 9.17) is 0 Å². The van der Waals surface area contributed by atoms with Crippen LogP contribution in [-0.2, 0) is 0 Å². The summed E-state index contributed by atoms with van der Waals surface area (Å²) in [7, 11) is 0. The second-order valence-electron chi connectivity index (χ2n) is 4.14. The molecule has 0 amide bonds. The van der Waals surface area contributed by atoms with Gasteiger partial charge in [-0.1, -0.05) is 18.6 Å². The zero-order chi connectivity index (χ0) is 8.48. The van der Waals surface area contributed by atoms with Gasteiger partial charge in [-0.25, -0.2) is 0 Å². The van der Waals surface area contributed by atoms with Gasteiger partial charge in [0.1, 0.15) is 0 Å². The van der Waals surface area contributed by atoms with E-state index in [-0.39, 0.29) is 0 Å². The van der Waals surface area contributed by atoms with Crippen molar-refractivity contribution in [1.29, 1.82) is 0 Å². The third-order valence-corrected chi connectivity index (χ3v) is 2.65. The van der Waals surface area contributed by atoms with Crippen molar-refractivity contribution in [3.05, 3.63) is 12.2 Å². The van der Waals surface area contributed by atoms with Gasteiger partial charge in [0.05, 0.1) is 5.60 Å². The Hall–Kier alpha value is -0.300. The third-order valence-electron chi connectivity index (χ3n) is 2.65. The smallest absolute Gasteiger partial charge is 0.0625 e. The average Bonchev–Trinajstić information content (AvgIpc) is 1.85. The van der Waals surface area contributed by atoms with E-state index in [2.05, 4.69) is 13.5 Å². The molecule has 0 saturated heterocycles. The van der Waals surface area contributed by atoms with Gasteiger partial charge in [0, 0.05) is 0 Å². The molecule has 0 radical (unpaired) electrons. The summed E-state index contributed by atoms with van der Waals surface area (Å²) in [6.07, 6.45) is 4.22. The van der Waals surface area contributed by atoms with Crippen molar-refractivity contribution in [3.8, 4) is 0 Å². The predicted octanol–water partition coefficient (Wildman–Crippen LogP) is 2.50. The summed E-state index contributed by atoms with van der Waals surface area (Å²) in [6, 6.07) is 0. The molecule has 1 aliphatic rings. The van der Waals surface area contributed by atoms with Gasteiger partial charge in [-0.2, -0.15) is 0 Å². The van der Waals surface area contributed by atoms with Crippen molar-refractivity contribution in [2.45, 2.75) is 45.1 Å². The fourth-order valence-corrected chi connectivity index (χ4v) is 1.88. The van der Waals surface area contributed by atoms with Crippen LogP contribution in [0, 0.1) is 5.92 Å². The van der Waals surface area contributed by atoms with Gasteiger partial charge in [0.15, 0.2) is 0 Å². The molecule has 1 nitrogen and oxygen atoms in total. The lowest BCUT2D eigenvalue weighted by atomic mass is 9.77. The summed E-state index contributed by atoms with van der Waals surface area (Å²) in [5, 5.41) is 9.75. The molecule has 1 aliphatic carbocycles. The molecule has 1 N–H and O–H groups in total. The van der Waals surface area contributed by atoms with Crippen molar-refractivity contribution >= 4 is 0 Å². The molecule has 64 valence electrons. The summed E-state index contributed by atoms with van der Waals surface area (Å²) in [5.74, 6) is 0.554. The standard InChI is InChI=1S/C10H18O/c1-8(2)9-5-4-6-10(3,11)7-9/h9,11H,1,4-7H2,2-3H3/t9-,10+/m0/s1. The quantitative estimate of drug-likeness (QED) is 0.575. The maximum absolute atomic E-state index is 9.75.